The quantitative estimate of drug-likeness (QED) is 0.643. The average Bonchev–Trinajstić information content (AvgIpc) is 3.40. The molecular weight excluding hydrogens is 409 g/mol. The van der Waals surface area contributed by atoms with Gasteiger partial charge in [0.2, 0.25) is 0 Å². The number of pyridine rings is 1. The smallest absolute Gasteiger partial charge is 0.174 e. The van der Waals surface area contributed by atoms with E-state index in [9.17, 15) is 4.39 Å². The van der Waals surface area contributed by atoms with Crippen LogP contribution < -0.4 is 20.3 Å². The van der Waals surface area contributed by atoms with E-state index in [0.29, 0.717) is 28.9 Å². The van der Waals surface area contributed by atoms with Gasteiger partial charge in [-0.25, -0.2) is 19.3 Å². The van der Waals surface area contributed by atoms with Crippen molar-refractivity contribution in [3.63, 3.8) is 0 Å². The van der Waals surface area contributed by atoms with Crippen molar-refractivity contribution in [2.24, 2.45) is 0 Å². The number of fused-ring (bicyclic) bond motifs is 3. The molecule has 5 rings (SSSR count). The molecule has 0 amide bonds. The monoisotopic (exact) mass is 425 g/mol. The lowest BCUT2D eigenvalue weighted by atomic mass is 10.2. The molecule has 4 heterocycles. The maximum atomic E-state index is 14.8. The van der Waals surface area contributed by atoms with Gasteiger partial charge in [-0.3, -0.25) is 0 Å². The topological polar surface area (TPSA) is 99.0 Å². The number of nitrogens with one attached hydrogen (secondary N) is 2. The minimum Gasteiger partial charge on any atom is -0.477 e. The molecule has 1 aromatic carbocycles. The minimum absolute atomic E-state index is 0.104. The highest BCUT2D eigenvalue weighted by atomic mass is 35.5. The fourth-order valence-corrected chi connectivity index (χ4v) is 4.22. The summed E-state index contributed by atoms with van der Waals surface area (Å²) in [5.41, 5.74) is 1.33. The van der Waals surface area contributed by atoms with Gasteiger partial charge < -0.3 is 20.3 Å². The van der Waals surface area contributed by atoms with Crippen LogP contribution in [0, 0.1) is 17.1 Å². The predicted molar refractivity (Wildman–Crippen MR) is 111 cm³/mol. The average molecular weight is 426 g/mol. The molecule has 0 spiro atoms. The van der Waals surface area contributed by atoms with Gasteiger partial charge in [0.25, 0.3) is 0 Å². The molecule has 2 atom stereocenters. The van der Waals surface area contributed by atoms with E-state index in [4.69, 9.17) is 26.6 Å². The van der Waals surface area contributed by atoms with Crippen molar-refractivity contribution in [2.75, 3.05) is 29.9 Å². The standard InChI is InChI=1S/C20H17ClFN7O/c21-17-15(30-6-5-23)3-1-13(18(17)22)27-20-19-14(25-10-26-20)2-4-16(28-19)29-9-11-7-12(29)8-24-11/h1-4,10-12,24H,6-9H2,(H,25,26,27)/t11-,12-/m0/s1. The van der Waals surface area contributed by atoms with E-state index >= 15 is 0 Å². The van der Waals surface area contributed by atoms with Crippen molar-refractivity contribution >= 4 is 40.0 Å². The van der Waals surface area contributed by atoms with Gasteiger partial charge in [-0.15, -0.1) is 0 Å². The van der Waals surface area contributed by atoms with Crippen LogP contribution in [-0.4, -0.2) is 46.7 Å². The molecule has 2 saturated heterocycles. The molecule has 2 aliphatic heterocycles. The van der Waals surface area contributed by atoms with Gasteiger partial charge in [-0.05, 0) is 30.7 Å². The van der Waals surface area contributed by atoms with Crippen LogP contribution in [0.25, 0.3) is 11.0 Å². The van der Waals surface area contributed by atoms with Crippen LogP contribution in [0.1, 0.15) is 6.42 Å². The number of nitrogens with zero attached hydrogens (tertiary/aromatic N) is 5. The van der Waals surface area contributed by atoms with Crippen LogP contribution in [0.5, 0.6) is 5.75 Å². The summed E-state index contributed by atoms with van der Waals surface area (Å²) in [5.74, 6) is 0.642. The van der Waals surface area contributed by atoms with Crippen LogP contribution in [-0.2, 0) is 0 Å². The fourth-order valence-electron chi connectivity index (χ4n) is 4.00. The number of ether oxygens (including phenoxy) is 1. The number of hydrogen-bond acceptors (Lipinski definition) is 8. The lowest BCUT2D eigenvalue weighted by Gasteiger charge is -2.28. The Morgan fingerprint density at radius 3 is 3.00 bits per heavy atom. The second kappa shape index (κ2) is 7.55. The lowest BCUT2D eigenvalue weighted by molar-refractivity contribution is 0.366. The van der Waals surface area contributed by atoms with E-state index < -0.39 is 5.82 Å². The normalized spacial score (nSPS) is 19.8. The van der Waals surface area contributed by atoms with E-state index in [0.717, 1.165) is 25.3 Å². The number of halogens is 2. The van der Waals surface area contributed by atoms with Crippen molar-refractivity contribution in [3.8, 4) is 11.8 Å². The maximum Gasteiger partial charge on any atom is 0.174 e. The first kappa shape index (κ1) is 18.8. The van der Waals surface area contributed by atoms with Gasteiger partial charge in [0.15, 0.2) is 18.2 Å². The number of nitriles is 1. The number of aromatic nitrogens is 3. The van der Waals surface area contributed by atoms with Crippen LogP contribution in [0.15, 0.2) is 30.6 Å². The highest BCUT2D eigenvalue weighted by Crippen LogP contribution is 2.35. The number of anilines is 3. The Morgan fingerprint density at radius 1 is 1.33 bits per heavy atom. The lowest BCUT2D eigenvalue weighted by Crippen LogP contribution is -2.44. The Morgan fingerprint density at radius 2 is 2.23 bits per heavy atom. The highest BCUT2D eigenvalue weighted by molar-refractivity contribution is 6.32. The van der Waals surface area contributed by atoms with Crippen molar-refractivity contribution in [2.45, 2.75) is 18.5 Å². The Hall–Kier alpha value is -3.22. The van der Waals surface area contributed by atoms with Crippen LogP contribution >= 0.6 is 11.6 Å². The molecule has 3 aromatic rings. The Labute approximate surface area is 176 Å². The molecule has 2 bridgehead atoms. The summed E-state index contributed by atoms with van der Waals surface area (Å²) in [6, 6.07) is 9.58. The first-order valence-corrected chi connectivity index (χ1v) is 9.88. The summed E-state index contributed by atoms with van der Waals surface area (Å²) in [6.07, 6.45) is 2.51. The summed E-state index contributed by atoms with van der Waals surface area (Å²) in [4.78, 5) is 15.6. The fraction of sp³-hybridized carbons (Fsp3) is 0.300. The zero-order chi connectivity index (χ0) is 20.7. The van der Waals surface area contributed by atoms with Gasteiger partial charge in [0, 0.05) is 25.2 Å². The van der Waals surface area contributed by atoms with E-state index in [-0.39, 0.29) is 23.1 Å². The molecular formula is C20H17ClFN7O. The summed E-state index contributed by atoms with van der Waals surface area (Å²) in [5, 5.41) is 14.9. The first-order valence-electron chi connectivity index (χ1n) is 9.50. The largest absolute Gasteiger partial charge is 0.477 e. The van der Waals surface area contributed by atoms with Gasteiger partial charge in [-0.2, -0.15) is 5.26 Å². The van der Waals surface area contributed by atoms with Gasteiger partial charge >= 0.3 is 0 Å². The van der Waals surface area contributed by atoms with E-state index in [1.807, 2.05) is 18.2 Å². The van der Waals surface area contributed by atoms with Crippen LogP contribution in [0.3, 0.4) is 0 Å². The second-order valence-electron chi connectivity index (χ2n) is 7.22. The van der Waals surface area contributed by atoms with Crippen molar-refractivity contribution in [1.82, 2.24) is 20.3 Å². The zero-order valence-corrected chi connectivity index (χ0v) is 16.5. The van der Waals surface area contributed by atoms with E-state index in [1.165, 1.54) is 18.5 Å². The summed E-state index contributed by atoms with van der Waals surface area (Å²) in [7, 11) is 0. The van der Waals surface area contributed by atoms with Crippen molar-refractivity contribution in [1.29, 1.82) is 5.26 Å². The molecule has 152 valence electrons. The molecule has 2 fully saturated rings. The summed E-state index contributed by atoms with van der Waals surface area (Å²) >= 11 is 6.06. The Kier molecular flexibility index (Phi) is 4.73. The predicted octanol–water partition coefficient (Wildman–Crippen LogP) is 3.01. The van der Waals surface area contributed by atoms with Crippen LogP contribution in [0.2, 0.25) is 5.02 Å². The SMILES string of the molecule is N#CCOc1ccc(Nc2ncnc3ccc(N4C[C@@H]5C[C@H]4CN5)nc23)c(F)c1Cl. The molecule has 2 N–H and O–H groups in total. The number of rotatable bonds is 5. The molecule has 2 aromatic heterocycles. The molecule has 0 radical (unpaired) electrons. The number of hydrogen-bond donors (Lipinski definition) is 2. The highest BCUT2D eigenvalue weighted by Gasteiger charge is 2.38. The van der Waals surface area contributed by atoms with Gasteiger partial charge in [-0.1, -0.05) is 11.6 Å². The van der Waals surface area contributed by atoms with Gasteiger partial charge in [0.05, 0.1) is 11.2 Å². The third-order valence-electron chi connectivity index (χ3n) is 5.41. The Bertz CT molecular complexity index is 1170. The second-order valence-corrected chi connectivity index (χ2v) is 7.60. The minimum atomic E-state index is -0.696. The molecule has 0 saturated carbocycles. The third-order valence-corrected chi connectivity index (χ3v) is 5.76. The third kappa shape index (κ3) is 3.24. The molecule has 0 aliphatic carbocycles. The molecule has 30 heavy (non-hydrogen) atoms. The molecule has 0 unspecified atom stereocenters. The number of benzene rings is 1. The molecule has 10 heteroatoms. The maximum absolute atomic E-state index is 14.8. The van der Waals surface area contributed by atoms with E-state index in [2.05, 4.69) is 25.5 Å². The Balaban J connectivity index is 1.48. The number of piperazine rings is 1. The summed E-state index contributed by atoms with van der Waals surface area (Å²) in [6.45, 7) is 1.64. The zero-order valence-electron chi connectivity index (χ0n) is 15.8. The van der Waals surface area contributed by atoms with Crippen molar-refractivity contribution < 1.29 is 9.13 Å². The van der Waals surface area contributed by atoms with Crippen molar-refractivity contribution in [3.05, 3.63) is 41.4 Å². The molecule has 8 nitrogen and oxygen atoms in total. The molecule has 2 aliphatic rings. The van der Waals surface area contributed by atoms with Gasteiger partial charge in [0.1, 0.15) is 34.5 Å². The summed E-state index contributed by atoms with van der Waals surface area (Å²) < 4.78 is 19.9. The van der Waals surface area contributed by atoms with Crippen LogP contribution in [0.4, 0.5) is 21.7 Å². The van der Waals surface area contributed by atoms with E-state index in [1.54, 1.807) is 0 Å². The first-order chi connectivity index (χ1) is 14.6.